The maximum absolute atomic E-state index is 8.89. The first-order chi connectivity index (χ1) is 36.3. The van der Waals surface area contributed by atoms with Crippen molar-refractivity contribution < 1.29 is 0 Å². The van der Waals surface area contributed by atoms with Crippen LogP contribution in [0.2, 0.25) is 0 Å². The van der Waals surface area contributed by atoms with E-state index in [0.717, 1.165) is 93.9 Å². The van der Waals surface area contributed by atoms with Gasteiger partial charge in [0.05, 0.1) is 34.3 Å². The Hall–Kier alpha value is -10.1. The van der Waals surface area contributed by atoms with E-state index in [0.29, 0.717) is 58.1 Å². The van der Waals surface area contributed by atoms with Gasteiger partial charge >= 0.3 is 0 Å². The Labute approximate surface area is 425 Å². The van der Waals surface area contributed by atoms with Gasteiger partial charge < -0.3 is 9.13 Å². The average Bonchev–Trinajstić information content (AvgIpc) is 3.97. The Bertz CT molecular complexity index is 4340. The van der Waals surface area contributed by atoms with E-state index in [2.05, 4.69) is 133 Å². The van der Waals surface area contributed by atoms with E-state index in [1.165, 1.54) is 0 Å². The standard InChI is InChI=1S/C62H42N12/c1-36-64-37(2)67-60(66-36)42-27-30-53-47(33-42)45-21-12-14-24-51(45)73(53)55-32-29-44(62-71-58(40-17-8-6-9-18-40)70-59(72-62)41-19-10-7-11-20-41)35-49(55)57-50(63-5)23-16-26-56(57)74-52-25-15-13-22-46(52)48-34-43(28-31-54(48)74)61-68-38(3)65-39(4)69-61/h6-35H,1-4H3. The molecule has 5 aromatic heterocycles. The van der Waals surface area contributed by atoms with Crippen LogP contribution in [0.1, 0.15) is 23.3 Å². The van der Waals surface area contributed by atoms with Gasteiger partial charge in [-0.2, -0.15) is 0 Å². The van der Waals surface area contributed by atoms with E-state index >= 15 is 0 Å². The fourth-order valence-corrected chi connectivity index (χ4v) is 10.3. The molecule has 12 nitrogen and oxygen atoms in total. The van der Waals surface area contributed by atoms with Gasteiger partial charge in [-0.3, -0.25) is 0 Å². The van der Waals surface area contributed by atoms with E-state index in [1.807, 2.05) is 100 Å². The topological polar surface area (TPSA) is 130 Å². The summed E-state index contributed by atoms with van der Waals surface area (Å²) in [5.74, 6) is 5.49. The number of nitrogens with zero attached hydrogens (tertiary/aromatic N) is 12. The molecule has 0 spiro atoms. The lowest BCUT2D eigenvalue weighted by Crippen LogP contribution is -2.04. The van der Waals surface area contributed by atoms with Gasteiger partial charge in [0.2, 0.25) is 0 Å². The van der Waals surface area contributed by atoms with Crippen LogP contribution < -0.4 is 0 Å². The largest absolute Gasteiger partial charge is 0.310 e. The van der Waals surface area contributed by atoms with Crippen molar-refractivity contribution in [1.29, 1.82) is 0 Å². The molecule has 12 heteroatoms. The Morgan fingerprint density at radius 2 is 0.730 bits per heavy atom. The molecule has 0 aliphatic heterocycles. The molecule has 0 saturated heterocycles. The molecule has 0 saturated carbocycles. The number of para-hydroxylation sites is 2. The minimum Gasteiger partial charge on any atom is -0.310 e. The molecule has 350 valence electrons. The van der Waals surface area contributed by atoms with E-state index in [4.69, 9.17) is 41.5 Å². The average molecular weight is 955 g/mol. The number of hydrogen-bond acceptors (Lipinski definition) is 9. The molecule has 13 aromatic rings. The summed E-state index contributed by atoms with van der Waals surface area (Å²) in [5, 5.41) is 4.16. The molecule has 0 aliphatic carbocycles. The van der Waals surface area contributed by atoms with Crippen molar-refractivity contribution in [3.63, 3.8) is 0 Å². The van der Waals surface area contributed by atoms with Gasteiger partial charge in [0.25, 0.3) is 0 Å². The first-order valence-corrected chi connectivity index (χ1v) is 24.2. The predicted octanol–water partition coefficient (Wildman–Crippen LogP) is 14.2. The van der Waals surface area contributed by atoms with Crippen LogP contribution in [-0.4, -0.2) is 54.0 Å². The maximum Gasteiger partial charge on any atom is 0.197 e. The van der Waals surface area contributed by atoms with Gasteiger partial charge in [0, 0.05) is 60.6 Å². The third-order valence-corrected chi connectivity index (χ3v) is 13.4. The van der Waals surface area contributed by atoms with E-state index in [9.17, 15) is 0 Å². The van der Waals surface area contributed by atoms with Crippen LogP contribution in [0.5, 0.6) is 0 Å². The monoisotopic (exact) mass is 954 g/mol. The highest BCUT2D eigenvalue weighted by Crippen LogP contribution is 2.46. The summed E-state index contributed by atoms with van der Waals surface area (Å²) < 4.78 is 4.58. The fraction of sp³-hybridized carbons (Fsp3) is 0.0645. The summed E-state index contributed by atoms with van der Waals surface area (Å²) in [6.07, 6.45) is 0. The van der Waals surface area contributed by atoms with Gasteiger partial charge in [-0.25, -0.2) is 49.7 Å². The second-order valence-corrected chi connectivity index (χ2v) is 18.2. The van der Waals surface area contributed by atoms with Crippen LogP contribution in [0.4, 0.5) is 5.69 Å². The highest BCUT2D eigenvalue weighted by atomic mass is 15.1. The van der Waals surface area contributed by atoms with Crippen molar-refractivity contribution in [1.82, 2.24) is 54.0 Å². The van der Waals surface area contributed by atoms with Crippen molar-refractivity contribution >= 4 is 49.3 Å². The van der Waals surface area contributed by atoms with Crippen LogP contribution in [0.3, 0.4) is 0 Å². The number of rotatable bonds is 8. The van der Waals surface area contributed by atoms with Crippen LogP contribution >= 0.6 is 0 Å². The number of aryl methyl sites for hydroxylation is 4. The highest BCUT2D eigenvalue weighted by Gasteiger charge is 2.25. The fourth-order valence-electron chi connectivity index (χ4n) is 10.3. The highest BCUT2D eigenvalue weighted by molar-refractivity contribution is 6.13. The zero-order valence-electron chi connectivity index (χ0n) is 40.7. The van der Waals surface area contributed by atoms with Gasteiger partial charge in [-0.05, 0) is 106 Å². The summed E-state index contributed by atoms with van der Waals surface area (Å²) in [5.41, 5.74) is 11.9. The zero-order valence-corrected chi connectivity index (χ0v) is 40.7. The first-order valence-electron chi connectivity index (χ1n) is 24.2. The smallest absolute Gasteiger partial charge is 0.197 e. The Morgan fingerprint density at radius 3 is 1.23 bits per heavy atom. The maximum atomic E-state index is 8.89. The van der Waals surface area contributed by atoms with Crippen molar-refractivity contribution in [3.05, 3.63) is 217 Å². The second-order valence-electron chi connectivity index (χ2n) is 18.2. The molecule has 0 unspecified atom stereocenters. The third kappa shape index (κ3) is 7.50. The number of fused-ring (bicyclic) bond motifs is 6. The van der Waals surface area contributed by atoms with Crippen molar-refractivity contribution in [2.24, 2.45) is 0 Å². The van der Waals surface area contributed by atoms with Gasteiger partial charge in [-0.15, -0.1) is 0 Å². The molecule has 0 atom stereocenters. The number of benzene rings is 8. The number of aromatic nitrogens is 11. The SMILES string of the molecule is [C-]#[N+]c1cccc(-n2c3ccccc3c3cc(-c4nc(C)nc(C)n4)ccc32)c1-c1cc(-c2nc(-c3ccccc3)nc(-c3ccccc3)n2)ccc1-n1c2ccccc2c2cc(-c3nc(C)nc(C)n3)ccc21. The second kappa shape index (κ2) is 17.6. The Balaban J connectivity index is 1.11. The minimum atomic E-state index is 0.480. The zero-order chi connectivity index (χ0) is 50.0. The van der Waals surface area contributed by atoms with E-state index < -0.39 is 0 Å². The molecule has 13 rings (SSSR count). The molecule has 0 radical (unpaired) electrons. The molecule has 0 fully saturated rings. The Morgan fingerprint density at radius 1 is 0.324 bits per heavy atom. The van der Waals surface area contributed by atoms with Crippen LogP contribution in [0.15, 0.2) is 182 Å². The third-order valence-electron chi connectivity index (χ3n) is 13.4. The van der Waals surface area contributed by atoms with Crippen molar-refractivity contribution in [2.45, 2.75) is 27.7 Å². The normalized spacial score (nSPS) is 11.5. The van der Waals surface area contributed by atoms with Gasteiger partial charge in [0.1, 0.15) is 23.3 Å². The molecule has 0 amide bonds. The molecule has 5 heterocycles. The summed E-state index contributed by atoms with van der Waals surface area (Å²) in [6.45, 7) is 16.4. The predicted molar refractivity (Wildman–Crippen MR) is 293 cm³/mol. The molecule has 0 N–H and O–H groups in total. The molecule has 74 heavy (non-hydrogen) atoms. The Kier molecular flexibility index (Phi) is 10.4. The van der Waals surface area contributed by atoms with Crippen molar-refractivity contribution in [2.75, 3.05) is 0 Å². The van der Waals surface area contributed by atoms with E-state index in [1.54, 1.807) is 0 Å². The summed E-state index contributed by atoms with van der Waals surface area (Å²) in [6, 6.07) is 61.9. The van der Waals surface area contributed by atoms with E-state index in [-0.39, 0.29) is 0 Å². The lowest BCUT2D eigenvalue weighted by atomic mass is 9.96. The summed E-state index contributed by atoms with van der Waals surface area (Å²) in [4.78, 5) is 47.5. The number of hydrogen-bond donors (Lipinski definition) is 0. The van der Waals surface area contributed by atoms with Crippen LogP contribution in [-0.2, 0) is 0 Å². The van der Waals surface area contributed by atoms with Gasteiger partial charge in [-0.1, -0.05) is 109 Å². The minimum absolute atomic E-state index is 0.480. The lowest BCUT2D eigenvalue weighted by Gasteiger charge is -2.21. The lowest BCUT2D eigenvalue weighted by molar-refractivity contribution is 0.928. The first kappa shape index (κ1) is 43.9. The molecule has 0 aliphatic rings. The van der Waals surface area contributed by atoms with Gasteiger partial charge in [0.15, 0.2) is 34.8 Å². The quantitative estimate of drug-likeness (QED) is 0.137. The molecular formula is C62H42N12. The van der Waals surface area contributed by atoms with Crippen LogP contribution in [0, 0.1) is 34.3 Å². The molecule has 8 aromatic carbocycles. The molecule has 0 bridgehead atoms. The summed E-state index contributed by atoms with van der Waals surface area (Å²) in [7, 11) is 0. The summed E-state index contributed by atoms with van der Waals surface area (Å²) >= 11 is 0. The molecular weight excluding hydrogens is 913 g/mol. The van der Waals surface area contributed by atoms with Crippen molar-refractivity contribution in [3.8, 4) is 79.4 Å². The van der Waals surface area contributed by atoms with Crippen LogP contribution in [0.25, 0.3) is 128 Å².